The van der Waals surface area contributed by atoms with E-state index in [0.717, 1.165) is 30.6 Å². The first-order valence-corrected chi connectivity index (χ1v) is 10.8. The van der Waals surface area contributed by atoms with Crippen LogP contribution in [0.1, 0.15) is 39.5 Å². The first-order chi connectivity index (χ1) is 14.1. The third-order valence-corrected chi connectivity index (χ3v) is 5.23. The lowest BCUT2D eigenvalue weighted by atomic mass is 10.2. The van der Waals surface area contributed by atoms with Gasteiger partial charge in [0.15, 0.2) is 10.5 Å². The van der Waals surface area contributed by atoms with Gasteiger partial charge in [-0.3, -0.25) is 4.79 Å². The maximum atomic E-state index is 12.8. The van der Waals surface area contributed by atoms with Gasteiger partial charge in [0, 0.05) is 23.1 Å². The summed E-state index contributed by atoms with van der Waals surface area (Å²) in [5.41, 5.74) is 0.290. The number of ether oxygens (including phenoxy) is 2. The molecule has 29 heavy (non-hydrogen) atoms. The van der Waals surface area contributed by atoms with Gasteiger partial charge in [0.2, 0.25) is 0 Å². The van der Waals surface area contributed by atoms with Crippen molar-refractivity contribution in [3.05, 3.63) is 52.7 Å². The van der Waals surface area contributed by atoms with Gasteiger partial charge in [0.25, 0.3) is 0 Å². The number of aromatic hydroxyl groups is 1. The number of hydrogen-bond donors (Lipinski definition) is 1. The normalized spacial score (nSPS) is 11.0. The van der Waals surface area contributed by atoms with Crippen LogP contribution in [-0.2, 0) is 0 Å². The summed E-state index contributed by atoms with van der Waals surface area (Å²) >= 11 is 1.32. The summed E-state index contributed by atoms with van der Waals surface area (Å²) in [6.45, 7) is 5.33. The predicted octanol–water partition coefficient (Wildman–Crippen LogP) is 6.01. The van der Waals surface area contributed by atoms with Crippen molar-refractivity contribution in [2.24, 2.45) is 0 Å². The Hall–Kier alpha value is -2.60. The van der Waals surface area contributed by atoms with Crippen molar-refractivity contribution in [3.63, 3.8) is 0 Å². The van der Waals surface area contributed by atoms with Gasteiger partial charge in [-0.1, -0.05) is 38.5 Å². The van der Waals surface area contributed by atoms with Crippen molar-refractivity contribution in [1.82, 2.24) is 0 Å². The summed E-state index contributed by atoms with van der Waals surface area (Å²) in [5, 5.41) is 10.3. The molecule has 0 spiro atoms. The minimum absolute atomic E-state index is 0.154. The highest BCUT2D eigenvalue weighted by Gasteiger charge is 2.14. The maximum absolute atomic E-state index is 12.8. The highest BCUT2D eigenvalue weighted by Crippen LogP contribution is 2.34. The van der Waals surface area contributed by atoms with E-state index in [9.17, 15) is 9.90 Å². The van der Waals surface area contributed by atoms with Gasteiger partial charge >= 0.3 is 0 Å². The fourth-order valence-electron chi connectivity index (χ4n) is 2.74. The van der Waals surface area contributed by atoms with Crippen LogP contribution in [0.4, 0.5) is 0 Å². The highest BCUT2D eigenvalue weighted by molar-refractivity contribution is 7.99. The zero-order chi connectivity index (χ0) is 20.6. The Morgan fingerprint density at radius 2 is 1.66 bits per heavy atom. The molecule has 0 aliphatic heterocycles. The Morgan fingerprint density at radius 3 is 2.34 bits per heavy atom. The Bertz CT molecular complexity index is 995. The van der Waals surface area contributed by atoms with Gasteiger partial charge < -0.3 is 19.0 Å². The first-order valence-electron chi connectivity index (χ1n) is 9.95. The van der Waals surface area contributed by atoms with Crippen molar-refractivity contribution < 1.29 is 19.0 Å². The molecule has 1 aromatic heterocycles. The second kappa shape index (κ2) is 10.3. The van der Waals surface area contributed by atoms with Crippen LogP contribution in [0.3, 0.4) is 0 Å². The van der Waals surface area contributed by atoms with Crippen molar-refractivity contribution in [2.45, 2.75) is 49.5 Å². The van der Waals surface area contributed by atoms with Gasteiger partial charge in [-0.05, 0) is 37.1 Å². The lowest BCUT2D eigenvalue weighted by molar-refractivity contribution is 0.295. The largest absolute Gasteiger partial charge is 0.508 e. The average Bonchev–Trinajstić information content (AvgIpc) is 2.70. The van der Waals surface area contributed by atoms with Gasteiger partial charge in [0.1, 0.15) is 28.2 Å². The van der Waals surface area contributed by atoms with Crippen LogP contribution in [0.2, 0.25) is 0 Å². The van der Waals surface area contributed by atoms with E-state index in [1.54, 1.807) is 36.4 Å². The van der Waals surface area contributed by atoms with E-state index in [2.05, 4.69) is 13.8 Å². The van der Waals surface area contributed by atoms with Crippen LogP contribution in [0.5, 0.6) is 17.2 Å². The predicted molar refractivity (Wildman–Crippen MR) is 116 cm³/mol. The quantitative estimate of drug-likeness (QED) is 0.410. The molecular formula is C23H26O5S. The molecule has 0 unspecified atom stereocenters. The standard InChI is InChI=1S/C23H26O5S/c1-3-5-11-26-17-13-20(27-12-6-4-2)23-19(25)15-22(28-21(23)14-17)29-18-9-7-16(24)8-10-18/h7-10,13-15,24H,3-6,11-12H2,1-2H3. The molecule has 0 saturated carbocycles. The maximum Gasteiger partial charge on any atom is 0.197 e. The number of fused-ring (bicyclic) bond motifs is 1. The van der Waals surface area contributed by atoms with Crippen molar-refractivity contribution >= 4 is 22.7 Å². The number of rotatable bonds is 10. The van der Waals surface area contributed by atoms with Gasteiger partial charge in [-0.2, -0.15) is 0 Å². The number of phenols is 1. The van der Waals surface area contributed by atoms with Crippen molar-refractivity contribution in [3.8, 4) is 17.2 Å². The molecule has 0 radical (unpaired) electrons. The topological polar surface area (TPSA) is 68.9 Å². The van der Waals surface area contributed by atoms with E-state index < -0.39 is 0 Å². The summed E-state index contributed by atoms with van der Waals surface area (Å²) < 4.78 is 17.7. The van der Waals surface area contributed by atoms with Gasteiger partial charge in [-0.15, -0.1) is 0 Å². The Kier molecular flexibility index (Phi) is 7.47. The van der Waals surface area contributed by atoms with E-state index in [1.807, 2.05) is 0 Å². The van der Waals surface area contributed by atoms with Crippen LogP contribution in [-0.4, -0.2) is 18.3 Å². The molecule has 1 N–H and O–H groups in total. The molecule has 6 heteroatoms. The smallest absolute Gasteiger partial charge is 0.197 e. The van der Waals surface area contributed by atoms with Crippen molar-refractivity contribution in [1.29, 1.82) is 0 Å². The summed E-state index contributed by atoms with van der Waals surface area (Å²) in [5.74, 6) is 1.32. The number of unbranched alkanes of at least 4 members (excludes halogenated alkanes) is 2. The first kappa shape index (κ1) is 21.1. The monoisotopic (exact) mass is 414 g/mol. The Balaban J connectivity index is 1.97. The zero-order valence-corrected chi connectivity index (χ0v) is 17.6. The van der Waals surface area contributed by atoms with Gasteiger partial charge in [0.05, 0.1) is 13.2 Å². The molecule has 0 saturated heterocycles. The fourth-order valence-corrected chi connectivity index (χ4v) is 3.55. The van der Waals surface area contributed by atoms with E-state index in [1.165, 1.54) is 17.8 Å². The second-order valence-corrected chi connectivity index (χ2v) is 7.80. The van der Waals surface area contributed by atoms with Crippen molar-refractivity contribution in [2.75, 3.05) is 13.2 Å². The molecule has 5 nitrogen and oxygen atoms in total. The lowest BCUT2D eigenvalue weighted by Gasteiger charge is -2.12. The fraction of sp³-hybridized carbons (Fsp3) is 0.348. The lowest BCUT2D eigenvalue weighted by Crippen LogP contribution is -2.06. The summed E-state index contributed by atoms with van der Waals surface area (Å²) in [7, 11) is 0. The SMILES string of the molecule is CCCCOc1cc(OCCCC)c2c(=O)cc(Sc3ccc(O)cc3)oc2c1. The molecule has 0 fully saturated rings. The van der Waals surface area contributed by atoms with E-state index in [-0.39, 0.29) is 11.2 Å². The van der Waals surface area contributed by atoms with Gasteiger partial charge in [-0.25, -0.2) is 0 Å². The molecule has 0 aliphatic rings. The number of benzene rings is 2. The van der Waals surface area contributed by atoms with E-state index >= 15 is 0 Å². The summed E-state index contributed by atoms with van der Waals surface area (Å²) in [6, 6.07) is 11.7. The third kappa shape index (κ3) is 5.70. The molecule has 0 atom stereocenters. The van der Waals surface area contributed by atoms with Crippen LogP contribution >= 0.6 is 11.8 Å². The minimum atomic E-state index is -0.154. The molecule has 2 aromatic carbocycles. The van der Waals surface area contributed by atoms with Crippen LogP contribution in [0.25, 0.3) is 11.0 Å². The molecule has 0 bridgehead atoms. The number of hydrogen-bond acceptors (Lipinski definition) is 6. The molecule has 0 aliphatic carbocycles. The van der Waals surface area contributed by atoms with E-state index in [4.69, 9.17) is 13.9 Å². The Morgan fingerprint density at radius 1 is 0.966 bits per heavy atom. The van der Waals surface area contributed by atoms with Crippen LogP contribution in [0, 0.1) is 0 Å². The highest BCUT2D eigenvalue weighted by atomic mass is 32.2. The molecule has 154 valence electrons. The molecule has 1 heterocycles. The zero-order valence-electron chi connectivity index (χ0n) is 16.8. The molecule has 3 aromatic rings. The second-order valence-electron chi connectivity index (χ2n) is 6.72. The Labute approximate surface area is 174 Å². The average molecular weight is 415 g/mol. The van der Waals surface area contributed by atoms with Crippen LogP contribution in [0.15, 0.2) is 61.7 Å². The van der Waals surface area contributed by atoms with Crippen LogP contribution < -0.4 is 14.9 Å². The van der Waals surface area contributed by atoms with E-state index in [0.29, 0.717) is 40.8 Å². The molecular weight excluding hydrogens is 388 g/mol. The molecule has 0 amide bonds. The minimum Gasteiger partial charge on any atom is -0.508 e. The molecule has 3 rings (SSSR count). The summed E-state index contributed by atoms with van der Waals surface area (Å²) in [4.78, 5) is 13.7. The summed E-state index contributed by atoms with van der Waals surface area (Å²) in [6.07, 6.45) is 3.90. The third-order valence-electron chi connectivity index (χ3n) is 4.32. The number of phenolic OH excluding ortho intramolecular Hbond substituents is 1.